The fourth-order valence-corrected chi connectivity index (χ4v) is 2.24. The summed E-state index contributed by atoms with van der Waals surface area (Å²) in [7, 11) is 1.74. The van der Waals surface area contributed by atoms with Crippen molar-refractivity contribution < 1.29 is 4.74 Å². The van der Waals surface area contributed by atoms with E-state index in [1.165, 1.54) is 0 Å². The van der Waals surface area contributed by atoms with Crippen molar-refractivity contribution >= 4 is 17.4 Å². The Kier molecular flexibility index (Phi) is 3.82. The summed E-state index contributed by atoms with van der Waals surface area (Å²) < 4.78 is 5.31. The van der Waals surface area contributed by atoms with E-state index in [1.54, 1.807) is 19.2 Å². The molecule has 1 saturated carbocycles. The van der Waals surface area contributed by atoms with Crippen molar-refractivity contribution in [2.45, 2.75) is 31.4 Å². The smallest absolute Gasteiger partial charge is 0.161 e. The van der Waals surface area contributed by atoms with Crippen molar-refractivity contribution in [1.82, 2.24) is 4.98 Å². The van der Waals surface area contributed by atoms with Crippen LogP contribution < -0.4 is 5.32 Å². The Morgan fingerprint density at radius 2 is 2.35 bits per heavy atom. The van der Waals surface area contributed by atoms with Gasteiger partial charge in [0, 0.05) is 13.2 Å². The first-order valence-electron chi connectivity index (χ1n) is 5.59. The number of halogens is 1. The molecule has 1 aliphatic rings. The summed E-state index contributed by atoms with van der Waals surface area (Å²) in [5.74, 6) is 0.702. The molecule has 0 bridgehead atoms. The number of rotatable bonds is 3. The van der Waals surface area contributed by atoms with Gasteiger partial charge in [0.05, 0.1) is 11.1 Å². The number of hydrogen-bond acceptors (Lipinski definition) is 4. The average molecular weight is 252 g/mol. The fourth-order valence-electron chi connectivity index (χ4n) is 2.10. The van der Waals surface area contributed by atoms with E-state index in [-0.39, 0.29) is 5.69 Å². The Balaban J connectivity index is 2.02. The molecule has 0 spiro atoms. The molecule has 17 heavy (non-hydrogen) atoms. The van der Waals surface area contributed by atoms with Gasteiger partial charge in [-0.2, -0.15) is 5.26 Å². The van der Waals surface area contributed by atoms with Crippen LogP contribution in [0.15, 0.2) is 12.1 Å². The molecule has 1 fully saturated rings. The highest BCUT2D eigenvalue weighted by molar-refractivity contribution is 6.31. The Labute approximate surface area is 106 Å². The number of nitrogens with zero attached hydrogens (tertiary/aromatic N) is 2. The fraction of sp³-hybridized carbons (Fsp3) is 0.500. The van der Waals surface area contributed by atoms with E-state index in [2.05, 4.69) is 10.3 Å². The van der Waals surface area contributed by atoms with Crippen molar-refractivity contribution in [2.75, 3.05) is 12.4 Å². The normalized spacial score (nSPS) is 23.4. The predicted octanol–water partition coefficient (Wildman–Crippen LogP) is 2.59. The quantitative estimate of drug-likeness (QED) is 0.897. The van der Waals surface area contributed by atoms with Crippen LogP contribution in [0.3, 0.4) is 0 Å². The van der Waals surface area contributed by atoms with Crippen molar-refractivity contribution in [2.24, 2.45) is 0 Å². The van der Waals surface area contributed by atoms with Crippen LogP contribution in [0.1, 0.15) is 25.0 Å². The highest BCUT2D eigenvalue weighted by Crippen LogP contribution is 2.25. The minimum absolute atomic E-state index is 0.262. The third-order valence-electron chi connectivity index (χ3n) is 3.02. The van der Waals surface area contributed by atoms with Gasteiger partial charge in [-0.1, -0.05) is 11.6 Å². The number of nitrogens with one attached hydrogen (secondary N) is 1. The molecule has 2 unspecified atom stereocenters. The first-order valence-corrected chi connectivity index (χ1v) is 5.96. The second-order valence-corrected chi connectivity index (χ2v) is 4.56. The zero-order valence-corrected chi connectivity index (χ0v) is 10.4. The number of ether oxygens (including phenoxy) is 1. The zero-order valence-electron chi connectivity index (χ0n) is 9.61. The first-order chi connectivity index (χ1) is 8.22. The zero-order chi connectivity index (χ0) is 12.3. The van der Waals surface area contributed by atoms with Crippen LogP contribution in [-0.2, 0) is 4.74 Å². The molecular formula is C12H14ClN3O. The Bertz CT molecular complexity index is 444. The highest BCUT2D eigenvalue weighted by atomic mass is 35.5. The molecule has 90 valence electrons. The molecule has 5 heteroatoms. The number of hydrogen-bond donors (Lipinski definition) is 1. The van der Waals surface area contributed by atoms with Gasteiger partial charge in [0.2, 0.25) is 0 Å². The molecule has 1 heterocycles. The standard InChI is InChI=1S/C12H14ClN3O/c1-17-9-3-2-8(6-9)15-12-5-4-10(13)11(7-14)16-12/h4-5,8-9H,2-3,6H2,1H3,(H,15,16). The van der Waals surface area contributed by atoms with Gasteiger partial charge < -0.3 is 10.1 Å². The SMILES string of the molecule is COC1CCC(Nc2ccc(Cl)c(C#N)n2)C1. The maximum absolute atomic E-state index is 8.84. The van der Waals surface area contributed by atoms with Crippen molar-refractivity contribution in [3.05, 3.63) is 22.8 Å². The van der Waals surface area contributed by atoms with Crippen LogP contribution >= 0.6 is 11.6 Å². The van der Waals surface area contributed by atoms with E-state index < -0.39 is 0 Å². The van der Waals surface area contributed by atoms with Gasteiger partial charge in [0.15, 0.2) is 5.69 Å². The van der Waals surface area contributed by atoms with Crippen LogP contribution in [0, 0.1) is 11.3 Å². The summed E-state index contributed by atoms with van der Waals surface area (Å²) in [6.07, 6.45) is 3.43. The summed E-state index contributed by atoms with van der Waals surface area (Å²) in [6, 6.07) is 5.82. The summed E-state index contributed by atoms with van der Waals surface area (Å²) in [5, 5.41) is 12.5. The molecular weight excluding hydrogens is 238 g/mol. The van der Waals surface area contributed by atoms with Crippen LogP contribution in [0.25, 0.3) is 0 Å². The second kappa shape index (κ2) is 5.35. The van der Waals surface area contributed by atoms with Crippen molar-refractivity contribution in [3.8, 4) is 6.07 Å². The van der Waals surface area contributed by atoms with E-state index in [1.807, 2.05) is 6.07 Å². The summed E-state index contributed by atoms with van der Waals surface area (Å²) in [5.41, 5.74) is 0.262. The summed E-state index contributed by atoms with van der Waals surface area (Å²) in [4.78, 5) is 4.16. The lowest BCUT2D eigenvalue weighted by molar-refractivity contribution is 0.108. The molecule has 1 N–H and O–H groups in total. The number of aromatic nitrogens is 1. The molecule has 1 aliphatic carbocycles. The molecule has 0 amide bonds. The highest BCUT2D eigenvalue weighted by Gasteiger charge is 2.24. The van der Waals surface area contributed by atoms with Gasteiger partial charge in [0.1, 0.15) is 11.9 Å². The third kappa shape index (κ3) is 2.87. The van der Waals surface area contributed by atoms with E-state index in [4.69, 9.17) is 21.6 Å². The molecule has 2 rings (SSSR count). The van der Waals surface area contributed by atoms with Crippen molar-refractivity contribution in [3.63, 3.8) is 0 Å². The molecule has 0 aliphatic heterocycles. The van der Waals surface area contributed by atoms with Gasteiger partial charge in [-0.25, -0.2) is 4.98 Å². The van der Waals surface area contributed by atoms with Crippen LogP contribution in [0.4, 0.5) is 5.82 Å². The molecule has 1 aromatic heterocycles. The monoisotopic (exact) mass is 251 g/mol. The van der Waals surface area contributed by atoms with Crippen LogP contribution in [0.5, 0.6) is 0 Å². The molecule has 0 saturated heterocycles. The molecule has 2 atom stereocenters. The van der Waals surface area contributed by atoms with E-state index in [0.29, 0.717) is 23.0 Å². The molecule has 1 aromatic rings. The molecule has 0 radical (unpaired) electrons. The lowest BCUT2D eigenvalue weighted by atomic mass is 10.2. The van der Waals surface area contributed by atoms with Gasteiger partial charge >= 0.3 is 0 Å². The topological polar surface area (TPSA) is 57.9 Å². The minimum Gasteiger partial charge on any atom is -0.381 e. The van der Waals surface area contributed by atoms with Gasteiger partial charge in [-0.05, 0) is 31.4 Å². The molecule has 4 nitrogen and oxygen atoms in total. The lowest BCUT2D eigenvalue weighted by Gasteiger charge is -2.13. The number of anilines is 1. The van der Waals surface area contributed by atoms with Gasteiger partial charge in [0.25, 0.3) is 0 Å². The van der Waals surface area contributed by atoms with Gasteiger partial charge in [-0.15, -0.1) is 0 Å². The van der Waals surface area contributed by atoms with Crippen LogP contribution in [0.2, 0.25) is 5.02 Å². The average Bonchev–Trinajstić information content (AvgIpc) is 2.79. The Morgan fingerprint density at radius 1 is 1.53 bits per heavy atom. The van der Waals surface area contributed by atoms with Crippen molar-refractivity contribution in [1.29, 1.82) is 5.26 Å². The number of methoxy groups -OCH3 is 1. The number of nitriles is 1. The third-order valence-corrected chi connectivity index (χ3v) is 3.33. The molecule has 0 aromatic carbocycles. The van der Waals surface area contributed by atoms with E-state index >= 15 is 0 Å². The number of pyridine rings is 1. The first kappa shape index (κ1) is 12.2. The summed E-state index contributed by atoms with van der Waals surface area (Å²) in [6.45, 7) is 0. The van der Waals surface area contributed by atoms with Gasteiger partial charge in [-0.3, -0.25) is 0 Å². The Hall–Kier alpha value is -1.31. The summed E-state index contributed by atoms with van der Waals surface area (Å²) >= 11 is 5.83. The second-order valence-electron chi connectivity index (χ2n) is 4.15. The largest absolute Gasteiger partial charge is 0.381 e. The van der Waals surface area contributed by atoms with E-state index in [0.717, 1.165) is 19.3 Å². The maximum Gasteiger partial charge on any atom is 0.161 e. The van der Waals surface area contributed by atoms with Crippen LogP contribution in [-0.4, -0.2) is 24.2 Å². The maximum atomic E-state index is 8.84. The predicted molar refractivity (Wildman–Crippen MR) is 66.0 cm³/mol. The van der Waals surface area contributed by atoms with E-state index in [9.17, 15) is 0 Å². The lowest BCUT2D eigenvalue weighted by Crippen LogP contribution is -2.18. The minimum atomic E-state index is 0.262. The Morgan fingerprint density at radius 3 is 3.00 bits per heavy atom.